The van der Waals surface area contributed by atoms with Crippen molar-refractivity contribution in [2.45, 2.75) is 17.9 Å². The van der Waals surface area contributed by atoms with Crippen LogP contribution in [0, 0.1) is 0 Å². The molecule has 0 N–H and O–H groups in total. The molecule has 0 spiro atoms. The lowest BCUT2D eigenvalue weighted by atomic mass is 10.2. The van der Waals surface area contributed by atoms with Crippen LogP contribution in [0.4, 0.5) is 4.39 Å². The second-order valence-corrected chi connectivity index (χ2v) is 3.39. The van der Waals surface area contributed by atoms with Gasteiger partial charge in [-0.2, -0.15) is 0 Å². The first-order valence-electron chi connectivity index (χ1n) is 2.70. The fourth-order valence-electron chi connectivity index (χ4n) is 0.585. The van der Waals surface area contributed by atoms with Crippen LogP contribution in [0.25, 0.3) is 0 Å². The summed E-state index contributed by atoms with van der Waals surface area (Å²) in [5.74, 6) is 0. The highest BCUT2D eigenvalue weighted by atomic mass is 79.9. The molecule has 1 nitrogen and oxygen atoms in total. The first kappa shape index (κ1) is 6.93. The van der Waals surface area contributed by atoms with E-state index in [4.69, 9.17) is 0 Å². The average molecular weight is 192 g/mol. The molecule has 9 heavy (non-hydrogen) atoms. The van der Waals surface area contributed by atoms with E-state index in [1.54, 1.807) is 6.08 Å². The first-order valence-corrected chi connectivity index (χ1v) is 3.49. The maximum Gasteiger partial charge on any atom is 0.203 e. The molecule has 0 amide bonds. The zero-order valence-electron chi connectivity index (χ0n) is 5.06. The van der Waals surface area contributed by atoms with Crippen molar-refractivity contribution >= 4 is 22.1 Å². The van der Waals surface area contributed by atoms with Gasteiger partial charge in [0.05, 0.1) is 6.21 Å². The lowest BCUT2D eigenvalue weighted by Crippen LogP contribution is -2.16. The number of hydrogen-bond donors (Lipinski definition) is 0. The van der Waals surface area contributed by atoms with Crippen LogP contribution in [0.3, 0.4) is 0 Å². The van der Waals surface area contributed by atoms with Crippen molar-refractivity contribution in [1.82, 2.24) is 0 Å². The Morgan fingerprint density at radius 1 is 1.89 bits per heavy atom. The molecular weight excluding hydrogens is 185 g/mol. The third kappa shape index (κ3) is 1.90. The SMILES string of the molecule is CC1=CCC(F)(Br)C=N1. The number of rotatable bonds is 0. The molecule has 50 valence electrons. The van der Waals surface area contributed by atoms with Crippen LogP contribution in [0.15, 0.2) is 16.8 Å². The Kier molecular flexibility index (Phi) is 1.70. The minimum Gasteiger partial charge on any atom is -0.262 e. The van der Waals surface area contributed by atoms with Gasteiger partial charge in [-0.3, -0.25) is 4.99 Å². The van der Waals surface area contributed by atoms with Crippen LogP contribution in [0.5, 0.6) is 0 Å². The summed E-state index contributed by atoms with van der Waals surface area (Å²) >= 11 is 2.86. The Balaban J connectivity index is 2.70. The Morgan fingerprint density at radius 3 is 2.89 bits per heavy atom. The van der Waals surface area contributed by atoms with Crippen molar-refractivity contribution in [2.75, 3.05) is 0 Å². The standard InChI is InChI=1S/C6H7BrFN/c1-5-2-3-6(7,8)4-9-5/h2,4H,3H2,1H3. The molecular formula is C6H7BrFN. The number of hydrogen-bond acceptors (Lipinski definition) is 1. The number of aliphatic imine (C=N–C) groups is 1. The molecule has 1 aliphatic rings. The summed E-state index contributed by atoms with van der Waals surface area (Å²) in [4.78, 5) is 3.80. The third-order valence-corrected chi connectivity index (χ3v) is 1.66. The van der Waals surface area contributed by atoms with Gasteiger partial charge in [0.15, 0.2) is 0 Å². The minimum absolute atomic E-state index is 0.377. The van der Waals surface area contributed by atoms with Gasteiger partial charge in [0.2, 0.25) is 4.58 Å². The molecule has 1 heterocycles. The highest BCUT2D eigenvalue weighted by molar-refractivity contribution is 9.10. The fourth-order valence-corrected chi connectivity index (χ4v) is 0.850. The molecule has 0 aromatic rings. The van der Waals surface area contributed by atoms with Crippen molar-refractivity contribution in [2.24, 2.45) is 4.99 Å². The van der Waals surface area contributed by atoms with Gasteiger partial charge in [0.1, 0.15) is 0 Å². The number of halogens is 2. The molecule has 1 unspecified atom stereocenters. The van der Waals surface area contributed by atoms with E-state index < -0.39 is 4.58 Å². The highest BCUT2D eigenvalue weighted by Gasteiger charge is 2.23. The highest BCUT2D eigenvalue weighted by Crippen LogP contribution is 2.26. The topological polar surface area (TPSA) is 12.4 Å². The smallest absolute Gasteiger partial charge is 0.203 e. The molecule has 0 saturated carbocycles. The van der Waals surface area contributed by atoms with Gasteiger partial charge in [0.25, 0.3) is 0 Å². The number of allylic oxidation sites excluding steroid dienone is 2. The summed E-state index contributed by atoms with van der Waals surface area (Å²) in [6, 6.07) is 0. The summed E-state index contributed by atoms with van der Waals surface area (Å²) < 4.78 is 11.4. The van der Waals surface area contributed by atoms with E-state index in [1.165, 1.54) is 6.21 Å². The van der Waals surface area contributed by atoms with E-state index in [-0.39, 0.29) is 0 Å². The summed E-state index contributed by atoms with van der Waals surface area (Å²) in [5, 5.41) is 0. The summed E-state index contributed by atoms with van der Waals surface area (Å²) in [7, 11) is 0. The maximum atomic E-state index is 12.8. The molecule has 1 rings (SSSR count). The van der Waals surface area contributed by atoms with Gasteiger partial charge in [-0.05, 0) is 22.9 Å². The second kappa shape index (κ2) is 2.21. The van der Waals surface area contributed by atoms with Gasteiger partial charge in [-0.1, -0.05) is 6.08 Å². The van der Waals surface area contributed by atoms with Crippen molar-refractivity contribution in [3.05, 3.63) is 11.8 Å². The maximum absolute atomic E-state index is 12.8. The summed E-state index contributed by atoms with van der Waals surface area (Å²) in [6.07, 6.45) is 3.42. The number of alkyl halides is 2. The molecule has 0 aromatic heterocycles. The van der Waals surface area contributed by atoms with E-state index in [2.05, 4.69) is 20.9 Å². The fraction of sp³-hybridized carbons (Fsp3) is 0.500. The van der Waals surface area contributed by atoms with Crippen molar-refractivity contribution in [3.8, 4) is 0 Å². The quantitative estimate of drug-likeness (QED) is 0.522. The Labute approximate surface area is 61.8 Å². The summed E-state index contributed by atoms with van der Waals surface area (Å²) in [5.41, 5.74) is 0.878. The van der Waals surface area contributed by atoms with Crippen molar-refractivity contribution in [1.29, 1.82) is 0 Å². The van der Waals surface area contributed by atoms with Crippen LogP contribution in [0.2, 0.25) is 0 Å². The molecule has 0 aliphatic carbocycles. The summed E-state index contributed by atoms with van der Waals surface area (Å²) in [6.45, 7) is 1.85. The lowest BCUT2D eigenvalue weighted by Gasteiger charge is -2.13. The van der Waals surface area contributed by atoms with Gasteiger partial charge < -0.3 is 0 Å². The predicted molar refractivity (Wildman–Crippen MR) is 39.6 cm³/mol. The Morgan fingerprint density at radius 2 is 2.56 bits per heavy atom. The van der Waals surface area contributed by atoms with E-state index >= 15 is 0 Å². The monoisotopic (exact) mass is 191 g/mol. The van der Waals surface area contributed by atoms with E-state index in [0.29, 0.717) is 6.42 Å². The Bertz CT molecular complexity index is 172. The average Bonchev–Trinajstić information content (AvgIpc) is 1.78. The van der Waals surface area contributed by atoms with E-state index in [1.807, 2.05) is 6.92 Å². The Hall–Kier alpha value is -0.180. The molecule has 0 aromatic carbocycles. The predicted octanol–water partition coefficient (Wildman–Crippen LogP) is 2.43. The van der Waals surface area contributed by atoms with Crippen LogP contribution in [-0.4, -0.2) is 10.8 Å². The van der Waals surface area contributed by atoms with Crippen LogP contribution >= 0.6 is 15.9 Å². The van der Waals surface area contributed by atoms with Crippen molar-refractivity contribution < 1.29 is 4.39 Å². The van der Waals surface area contributed by atoms with Gasteiger partial charge >= 0.3 is 0 Å². The van der Waals surface area contributed by atoms with Gasteiger partial charge in [-0.15, -0.1) is 0 Å². The molecule has 0 saturated heterocycles. The van der Waals surface area contributed by atoms with E-state index in [0.717, 1.165) is 5.70 Å². The van der Waals surface area contributed by atoms with Crippen LogP contribution in [-0.2, 0) is 0 Å². The minimum atomic E-state index is -1.40. The van der Waals surface area contributed by atoms with E-state index in [9.17, 15) is 4.39 Å². The molecule has 3 heteroatoms. The molecule has 1 aliphatic heterocycles. The van der Waals surface area contributed by atoms with Crippen LogP contribution in [0.1, 0.15) is 13.3 Å². The van der Waals surface area contributed by atoms with Gasteiger partial charge in [-0.25, -0.2) is 4.39 Å². The number of nitrogens with zero attached hydrogens (tertiary/aromatic N) is 1. The lowest BCUT2D eigenvalue weighted by molar-refractivity contribution is 0.397. The van der Waals surface area contributed by atoms with Crippen molar-refractivity contribution in [3.63, 3.8) is 0 Å². The third-order valence-electron chi connectivity index (χ3n) is 1.13. The zero-order valence-corrected chi connectivity index (χ0v) is 6.65. The molecule has 0 bridgehead atoms. The van der Waals surface area contributed by atoms with Gasteiger partial charge in [0, 0.05) is 12.1 Å². The first-order chi connectivity index (χ1) is 4.10. The largest absolute Gasteiger partial charge is 0.262 e. The normalized spacial score (nSPS) is 34.3. The molecule has 0 radical (unpaired) electrons. The zero-order chi connectivity index (χ0) is 6.91. The molecule has 0 fully saturated rings. The second-order valence-electron chi connectivity index (χ2n) is 2.07. The van der Waals surface area contributed by atoms with Crippen LogP contribution < -0.4 is 0 Å². The molecule has 1 atom stereocenters.